The van der Waals surface area contributed by atoms with Crippen molar-refractivity contribution in [2.24, 2.45) is 5.92 Å². The largest absolute Gasteiger partial charge is 0.468 e. The average Bonchev–Trinajstić information content (AvgIpc) is 2.16. The molecule has 0 spiro atoms. The molecule has 0 aliphatic rings. The van der Waals surface area contributed by atoms with Gasteiger partial charge in [-0.1, -0.05) is 0 Å². The fraction of sp³-hybridized carbons (Fsp3) is 0.500. The van der Waals surface area contributed by atoms with E-state index in [2.05, 4.69) is 9.47 Å². The Kier molecular flexibility index (Phi) is 4.45. The highest BCUT2D eigenvalue weighted by Crippen LogP contribution is 2.01. The van der Waals surface area contributed by atoms with Gasteiger partial charge in [-0.25, -0.2) is 5.48 Å². The number of amides is 1. The van der Waals surface area contributed by atoms with Gasteiger partial charge in [-0.05, 0) is 0 Å². The molecule has 0 radical (unpaired) electrons. The Labute approximate surface area is 73.6 Å². The second-order valence-electron chi connectivity index (χ2n) is 1.96. The summed E-state index contributed by atoms with van der Waals surface area (Å²) in [5.74, 6) is -5.18. The van der Waals surface area contributed by atoms with Crippen molar-refractivity contribution in [1.82, 2.24) is 5.48 Å². The number of hydrogen-bond acceptors (Lipinski definition) is 6. The number of hydroxylamine groups is 1. The van der Waals surface area contributed by atoms with E-state index in [1.54, 1.807) is 0 Å². The van der Waals surface area contributed by atoms with E-state index in [4.69, 9.17) is 5.21 Å². The van der Waals surface area contributed by atoms with E-state index >= 15 is 0 Å². The van der Waals surface area contributed by atoms with Crippen LogP contribution < -0.4 is 5.48 Å². The zero-order valence-corrected chi connectivity index (χ0v) is 7.07. The van der Waals surface area contributed by atoms with Crippen LogP contribution in [0.4, 0.5) is 0 Å². The summed E-state index contributed by atoms with van der Waals surface area (Å²) in [4.78, 5) is 32.4. The molecule has 0 aromatic carbocycles. The number of nitrogens with one attached hydrogen (secondary N) is 1. The Morgan fingerprint density at radius 3 is 1.77 bits per heavy atom. The third-order valence-corrected chi connectivity index (χ3v) is 1.25. The molecule has 0 saturated carbocycles. The molecule has 7 nitrogen and oxygen atoms in total. The molecular weight excluding hydrogens is 182 g/mol. The standard InChI is InChI=1S/C6H9NO6/c1-12-5(9)3(4(8)7-11)6(10)13-2/h3,11H,1-2H3,(H,7,8). The van der Waals surface area contributed by atoms with Crippen LogP contribution in [0.3, 0.4) is 0 Å². The molecule has 0 saturated heterocycles. The lowest BCUT2D eigenvalue weighted by atomic mass is 10.1. The van der Waals surface area contributed by atoms with E-state index in [9.17, 15) is 14.4 Å². The second-order valence-corrected chi connectivity index (χ2v) is 1.96. The van der Waals surface area contributed by atoms with Crippen molar-refractivity contribution in [2.75, 3.05) is 14.2 Å². The van der Waals surface area contributed by atoms with Gasteiger partial charge in [0.2, 0.25) is 5.92 Å². The Morgan fingerprint density at radius 2 is 1.54 bits per heavy atom. The fourth-order valence-electron chi connectivity index (χ4n) is 0.611. The highest BCUT2D eigenvalue weighted by atomic mass is 16.5. The quantitative estimate of drug-likeness (QED) is 0.242. The van der Waals surface area contributed by atoms with Gasteiger partial charge in [0.25, 0.3) is 5.91 Å². The van der Waals surface area contributed by atoms with E-state index in [0.29, 0.717) is 0 Å². The molecule has 0 bridgehead atoms. The minimum atomic E-state index is -1.79. The Balaban J connectivity index is 4.64. The number of carbonyl (C=O) groups is 3. The van der Waals surface area contributed by atoms with E-state index in [1.807, 2.05) is 0 Å². The first-order valence-corrected chi connectivity index (χ1v) is 3.18. The van der Waals surface area contributed by atoms with Crippen LogP contribution in [0.5, 0.6) is 0 Å². The summed E-state index contributed by atoms with van der Waals surface area (Å²) in [6.45, 7) is 0. The van der Waals surface area contributed by atoms with Gasteiger partial charge in [0.1, 0.15) is 0 Å². The predicted molar refractivity (Wildman–Crippen MR) is 37.5 cm³/mol. The van der Waals surface area contributed by atoms with Crippen LogP contribution in [0.1, 0.15) is 0 Å². The van der Waals surface area contributed by atoms with Gasteiger partial charge in [-0.15, -0.1) is 0 Å². The topological polar surface area (TPSA) is 102 Å². The zero-order valence-electron chi connectivity index (χ0n) is 7.07. The summed E-state index contributed by atoms with van der Waals surface area (Å²) in [6, 6.07) is 0. The van der Waals surface area contributed by atoms with Crippen molar-refractivity contribution in [2.45, 2.75) is 0 Å². The average molecular weight is 191 g/mol. The van der Waals surface area contributed by atoms with E-state index in [0.717, 1.165) is 19.7 Å². The molecule has 0 atom stereocenters. The SMILES string of the molecule is COC(=O)C(C(=O)NO)C(=O)OC. The van der Waals surface area contributed by atoms with Crippen molar-refractivity contribution in [3.63, 3.8) is 0 Å². The Morgan fingerprint density at radius 1 is 1.15 bits per heavy atom. The van der Waals surface area contributed by atoms with Gasteiger partial charge in [-0.2, -0.15) is 0 Å². The van der Waals surface area contributed by atoms with Gasteiger partial charge in [-0.3, -0.25) is 19.6 Å². The smallest absolute Gasteiger partial charge is 0.329 e. The second kappa shape index (κ2) is 5.09. The van der Waals surface area contributed by atoms with Crippen molar-refractivity contribution < 1.29 is 29.1 Å². The lowest BCUT2D eigenvalue weighted by Gasteiger charge is -2.09. The number of carbonyl (C=O) groups excluding carboxylic acids is 3. The molecule has 0 fully saturated rings. The van der Waals surface area contributed by atoms with Crippen molar-refractivity contribution >= 4 is 17.8 Å². The van der Waals surface area contributed by atoms with Crippen LogP contribution in [0, 0.1) is 5.92 Å². The predicted octanol–water partition coefficient (Wildman–Crippen LogP) is -1.55. The molecule has 2 N–H and O–H groups in total. The van der Waals surface area contributed by atoms with Gasteiger partial charge in [0.05, 0.1) is 14.2 Å². The summed E-state index contributed by atoms with van der Waals surface area (Å²) < 4.78 is 8.29. The number of esters is 2. The van der Waals surface area contributed by atoms with Crippen molar-refractivity contribution in [3.8, 4) is 0 Å². The molecule has 7 heteroatoms. The minimum absolute atomic E-state index is 1.00. The first-order valence-electron chi connectivity index (χ1n) is 3.18. The van der Waals surface area contributed by atoms with Crippen LogP contribution in [0.2, 0.25) is 0 Å². The molecule has 0 aromatic heterocycles. The first kappa shape index (κ1) is 11.4. The maximum Gasteiger partial charge on any atom is 0.329 e. The molecule has 0 aliphatic heterocycles. The molecule has 0 aliphatic carbocycles. The van der Waals surface area contributed by atoms with Gasteiger partial charge >= 0.3 is 11.9 Å². The summed E-state index contributed by atoms with van der Waals surface area (Å²) in [5.41, 5.74) is 1.15. The van der Waals surface area contributed by atoms with Crippen LogP contribution >= 0.6 is 0 Å². The van der Waals surface area contributed by atoms with Gasteiger partial charge in [0, 0.05) is 0 Å². The lowest BCUT2D eigenvalue weighted by molar-refractivity contribution is -0.164. The van der Waals surface area contributed by atoms with E-state index in [1.165, 1.54) is 0 Å². The van der Waals surface area contributed by atoms with E-state index in [-0.39, 0.29) is 0 Å². The summed E-state index contributed by atoms with van der Waals surface area (Å²) >= 11 is 0. The number of ether oxygens (including phenoxy) is 2. The Hall–Kier alpha value is -1.63. The molecule has 74 valence electrons. The molecule has 0 aromatic rings. The zero-order chi connectivity index (χ0) is 10.4. The third-order valence-electron chi connectivity index (χ3n) is 1.25. The molecular formula is C6H9NO6. The van der Waals surface area contributed by atoms with Gasteiger partial charge < -0.3 is 9.47 Å². The molecule has 13 heavy (non-hydrogen) atoms. The van der Waals surface area contributed by atoms with Crippen molar-refractivity contribution in [3.05, 3.63) is 0 Å². The molecule has 0 unspecified atom stereocenters. The number of methoxy groups -OCH3 is 2. The maximum atomic E-state index is 10.8. The maximum absolute atomic E-state index is 10.8. The summed E-state index contributed by atoms with van der Waals surface area (Å²) in [6.07, 6.45) is 0. The van der Waals surface area contributed by atoms with Crippen LogP contribution in [-0.2, 0) is 23.9 Å². The fourth-order valence-corrected chi connectivity index (χ4v) is 0.611. The first-order chi connectivity index (χ1) is 6.08. The lowest BCUT2D eigenvalue weighted by Crippen LogP contribution is -2.40. The van der Waals surface area contributed by atoms with Crippen LogP contribution in [0.15, 0.2) is 0 Å². The summed E-state index contributed by atoms with van der Waals surface area (Å²) in [5, 5.41) is 8.18. The van der Waals surface area contributed by atoms with Gasteiger partial charge in [0.15, 0.2) is 0 Å². The monoisotopic (exact) mass is 191 g/mol. The van der Waals surface area contributed by atoms with Crippen LogP contribution in [0.25, 0.3) is 0 Å². The number of hydrogen-bond donors (Lipinski definition) is 2. The summed E-state index contributed by atoms with van der Waals surface area (Å²) in [7, 11) is 2.01. The highest BCUT2D eigenvalue weighted by molar-refractivity contribution is 6.13. The highest BCUT2D eigenvalue weighted by Gasteiger charge is 2.36. The molecule has 0 rings (SSSR count). The third kappa shape index (κ3) is 2.71. The molecule has 0 heterocycles. The Bertz CT molecular complexity index is 187. The van der Waals surface area contributed by atoms with E-state index < -0.39 is 23.8 Å². The number of rotatable bonds is 3. The normalized spacial score (nSPS) is 9.23. The minimum Gasteiger partial charge on any atom is -0.468 e. The molecule has 1 amide bonds. The van der Waals surface area contributed by atoms with Crippen LogP contribution in [-0.4, -0.2) is 37.3 Å². The van der Waals surface area contributed by atoms with Crippen molar-refractivity contribution in [1.29, 1.82) is 0 Å².